The zero-order valence-electron chi connectivity index (χ0n) is 10.9. The predicted molar refractivity (Wildman–Crippen MR) is 69.8 cm³/mol. The number of aromatic nitrogens is 2. The van der Waals surface area contributed by atoms with Crippen molar-refractivity contribution in [1.82, 2.24) is 9.97 Å². The van der Waals surface area contributed by atoms with E-state index >= 15 is 0 Å². The topological polar surface area (TPSA) is 58.5 Å². The van der Waals surface area contributed by atoms with Gasteiger partial charge in [0.25, 0.3) is 0 Å². The molecule has 0 aromatic carbocycles. The minimum atomic E-state index is -0.00729. The molecule has 0 spiro atoms. The zero-order valence-corrected chi connectivity index (χ0v) is 10.9. The van der Waals surface area contributed by atoms with Crippen LogP contribution < -0.4 is 9.64 Å². The van der Waals surface area contributed by atoms with Gasteiger partial charge in [0.05, 0.1) is 19.0 Å². The van der Waals surface area contributed by atoms with Crippen molar-refractivity contribution in [2.45, 2.75) is 26.2 Å². The average molecular weight is 251 g/mol. The standard InChI is InChI=1S/C13H21N3O2/c1-11-4-2-3-5-16(10-11)12-8-14-9-13(15-12)18-7-6-17/h8-9,11,17H,2-7,10H2,1H3. The van der Waals surface area contributed by atoms with Crippen LogP contribution in [0, 0.1) is 5.92 Å². The third-order valence-electron chi connectivity index (χ3n) is 3.17. The fourth-order valence-electron chi connectivity index (χ4n) is 2.27. The van der Waals surface area contributed by atoms with Crippen LogP contribution in [-0.4, -0.2) is 41.4 Å². The molecule has 1 atom stereocenters. The van der Waals surface area contributed by atoms with Crippen molar-refractivity contribution in [3.05, 3.63) is 12.4 Å². The van der Waals surface area contributed by atoms with Crippen LogP contribution in [0.3, 0.4) is 0 Å². The van der Waals surface area contributed by atoms with Gasteiger partial charge < -0.3 is 14.7 Å². The molecule has 1 N–H and O–H groups in total. The molecule has 1 aliphatic heterocycles. The zero-order chi connectivity index (χ0) is 12.8. The fourth-order valence-corrected chi connectivity index (χ4v) is 2.27. The quantitative estimate of drug-likeness (QED) is 0.878. The van der Waals surface area contributed by atoms with Crippen molar-refractivity contribution in [2.24, 2.45) is 5.92 Å². The monoisotopic (exact) mass is 251 g/mol. The maximum atomic E-state index is 8.73. The highest BCUT2D eigenvalue weighted by molar-refractivity contribution is 5.37. The van der Waals surface area contributed by atoms with Crippen molar-refractivity contribution < 1.29 is 9.84 Å². The number of nitrogens with zero attached hydrogens (tertiary/aromatic N) is 3. The highest BCUT2D eigenvalue weighted by atomic mass is 16.5. The lowest BCUT2D eigenvalue weighted by Gasteiger charge is -2.23. The van der Waals surface area contributed by atoms with E-state index in [-0.39, 0.29) is 13.2 Å². The van der Waals surface area contributed by atoms with Crippen molar-refractivity contribution in [1.29, 1.82) is 0 Å². The van der Waals surface area contributed by atoms with Gasteiger partial charge in [-0.3, -0.25) is 4.98 Å². The van der Waals surface area contributed by atoms with Crippen molar-refractivity contribution in [3.8, 4) is 5.88 Å². The molecule has 1 aromatic rings. The van der Waals surface area contributed by atoms with E-state index in [1.54, 1.807) is 12.4 Å². The molecule has 0 saturated carbocycles. The number of hydrogen-bond acceptors (Lipinski definition) is 5. The molecule has 2 heterocycles. The first kappa shape index (κ1) is 13.1. The second-order valence-electron chi connectivity index (χ2n) is 4.83. The molecule has 100 valence electrons. The summed E-state index contributed by atoms with van der Waals surface area (Å²) < 4.78 is 5.29. The Morgan fingerprint density at radius 2 is 2.33 bits per heavy atom. The van der Waals surface area contributed by atoms with Crippen molar-refractivity contribution >= 4 is 5.82 Å². The van der Waals surface area contributed by atoms with Crippen LogP contribution in [0.5, 0.6) is 5.88 Å². The summed E-state index contributed by atoms with van der Waals surface area (Å²) in [7, 11) is 0. The molecule has 1 unspecified atom stereocenters. The Labute approximate surface area is 108 Å². The first-order chi connectivity index (χ1) is 8.79. The van der Waals surface area contributed by atoms with Crippen LogP contribution in [-0.2, 0) is 0 Å². The number of rotatable bonds is 4. The molecule has 1 aliphatic rings. The number of hydrogen-bond donors (Lipinski definition) is 1. The van der Waals surface area contributed by atoms with Crippen molar-refractivity contribution in [3.63, 3.8) is 0 Å². The lowest BCUT2D eigenvalue weighted by Crippen LogP contribution is -2.28. The van der Waals surface area contributed by atoms with Gasteiger partial charge in [0.15, 0.2) is 5.82 Å². The van der Waals surface area contributed by atoms with Crippen LogP contribution >= 0.6 is 0 Å². The molecule has 1 aromatic heterocycles. The summed E-state index contributed by atoms with van der Waals surface area (Å²) in [6.07, 6.45) is 7.13. The van der Waals surface area contributed by atoms with E-state index in [0.29, 0.717) is 11.8 Å². The second kappa shape index (κ2) is 6.54. The highest BCUT2D eigenvalue weighted by Gasteiger charge is 2.16. The fraction of sp³-hybridized carbons (Fsp3) is 0.692. The molecule has 5 nitrogen and oxygen atoms in total. The molecular weight excluding hydrogens is 230 g/mol. The van der Waals surface area contributed by atoms with E-state index in [9.17, 15) is 0 Å². The van der Waals surface area contributed by atoms with Gasteiger partial charge in [-0.1, -0.05) is 13.3 Å². The molecule has 0 radical (unpaired) electrons. The summed E-state index contributed by atoms with van der Waals surface area (Å²) in [5, 5.41) is 8.73. The van der Waals surface area contributed by atoms with E-state index in [4.69, 9.17) is 9.84 Å². The largest absolute Gasteiger partial charge is 0.474 e. The smallest absolute Gasteiger partial charge is 0.234 e. The summed E-state index contributed by atoms with van der Waals surface area (Å²) in [5.41, 5.74) is 0. The van der Waals surface area contributed by atoms with Crippen LogP contribution in [0.1, 0.15) is 26.2 Å². The molecule has 0 bridgehead atoms. The first-order valence-corrected chi connectivity index (χ1v) is 6.60. The van der Waals surface area contributed by atoms with E-state index < -0.39 is 0 Å². The Morgan fingerprint density at radius 3 is 3.17 bits per heavy atom. The van der Waals surface area contributed by atoms with Gasteiger partial charge in [-0.25, -0.2) is 0 Å². The number of aliphatic hydroxyl groups excluding tert-OH is 1. The molecular formula is C13H21N3O2. The minimum Gasteiger partial charge on any atom is -0.474 e. The molecule has 18 heavy (non-hydrogen) atoms. The summed E-state index contributed by atoms with van der Waals surface area (Å²) >= 11 is 0. The van der Waals surface area contributed by atoms with Gasteiger partial charge in [0.1, 0.15) is 6.61 Å². The number of ether oxygens (including phenoxy) is 1. The normalized spacial score (nSPS) is 20.6. The van der Waals surface area contributed by atoms with Crippen LogP contribution in [0.2, 0.25) is 0 Å². The van der Waals surface area contributed by atoms with Crippen molar-refractivity contribution in [2.75, 3.05) is 31.2 Å². The van der Waals surface area contributed by atoms with E-state index in [0.717, 1.165) is 18.9 Å². The van der Waals surface area contributed by atoms with E-state index in [2.05, 4.69) is 21.8 Å². The van der Waals surface area contributed by atoms with Gasteiger partial charge in [-0.2, -0.15) is 4.98 Å². The predicted octanol–water partition coefficient (Wildman–Crippen LogP) is 1.47. The molecule has 5 heteroatoms. The number of anilines is 1. The van der Waals surface area contributed by atoms with Crippen LogP contribution in [0.15, 0.2) is 12.4 Å². The summed E-state index contributed by atoms with van der Waals surface area (Å²) in [4.78, 5) is 10.9. The van der Waals surface area contributed by atoms with Gasteiger partial charge in [-0.15, -0.1) is 0 Å². The minimum absolute atomic E-state index is 0.00729. The molecule has 0 aliphatic carbocycles. The highest BCUT2D eigenvalue weighted by Crippen LogP contribution is 2.21. The molecule has 1 fully saturated rings. The average Bonchev–Trinajstić information content (AvgIpc) is 2.61. The second-order valence-corrected chi connectivity index (χ2v) is 4.83. The Kier molecular flexibility index (Phi) is 4.75. The molecule has 2 rings (SSSR count). The SMILES string of the molecule is CC1CCCCN(c2cncc(OCCO)n2)C1. The van der Waals surface area contributed by atoms with Crippen LogP contribution in [0.25, 0.3) is 0 Å². The summed E-state index contributed by atoms with van der Waals surface area (Å²) in [6, 6.07) is 0. The van der Waals surface area contributed by atoms with E-state index in [1.807, 2.05) is 0 Å². The third kappa shape index (κ3) is 3.57. The van der Waals surface area contributed by atoms with Gasteiger partial charge in [0.2, 0.25) is 5.88 Å². The number of aliphatic hydroxyl groups is 1. The third-order valence-corrected chi connectivity index (χ3v) is 3.17. The maximum absolute atomic E-state index is 8.73. The Balaban J connectivity index is 2.06. The Morgan fingerprint density at radius 1 is 1.44 bits per heavy atom. The lowest BCUT2D eigenvalue weighted by molar-refractivity contribution is 0.196. The van der Waals surface area contributed by atoms with Gasteiger partial charge in [-0.05, 0) is 18.8 Å². The van der Waals surface area contributed by atoms with E-state index in [1.165, 1.54) is 19.3 Å². The first-order valence-electron chi connectivity index (χ1n) is 6.60. The summed E-state index contributed by atoms with van der Waals surface area (Å²) in [6.45, 7) is 4.58. The summed E-state index contributed by atoms with van der Waals surface area (Å²) in [5.74, 6) is 2.05. The lowest BCUT2D eigenvalue weighted by atomic mass is 10.1. The van der Waals surface area contributed by atoms with Gasteiger partial charge in [0, 0.05) is 13.1 Å². The Bertz CT molecular complexity index is 373. The maximum Gasteiger partial charge on any atom is 0.234 e. The molecule has 1 saturated heterocycles. The molecule has 0 amide bonds. The van der Waals surface area contributed by atoms with Gasteiger partial charge >= 0.3 is 0 Å². The van der Waals surface area contributed by atoms with Crippen LogP contribution in [0.4, 0.5) is 5.82 Å². The Hall–Kier alpha value is -1.36.